The van der Waals surface area contributed by atoms with Gasteiger partial charge in [-0.05, 0) is 38.0 Å². The molecule has 106 valence electrons. The Bertz CT molecular complexity index is 557. The lowest BCUT2D eigenvalue weighted by molar-refractivity contribution is -0.119. The van der Waals surface area contributed by atoms with E-state index in [2.05, 4.69) is 17.2 Å². The maximum atomic E-state index is 12.2. The first-order chi connectivity index (χ1) is 9.60. The van der Waals surface area contributed by atoms with Crippen molar-refractivity contribution in [2.24, 2.45) is 11.7 Å². The van der Waals surface area contributed by atoms with Gasteiger partial charge in [0.1, 0.15) is 0 Å². The fraction of sp³-hybridized carbons (Fsp3) is 0.438. The van der Waals surface area contributed by atoms with Crippen molar-refractivity contribution >= 4 is 11.6 Å². The van der Waals surface area contributed by atoms with Crippen LogP contribution in [0.4, 0.5) is 5.69 Å². The standard InChI is InChI=1S/C16H20N2O2/c1-11-5-6-13(4-3-7-17)9-15(11)18-16(19)14-8-12(2)20-10-14/h5-6,9,12,14H,7-8,10,17H2,1-2H3,(H,18,19). The second-order valence-corrected chi connectivity index (χ2v) is 5.10. The number of nitrogens with two attached hydrogens (primary N) is 1. The van der Waals surface area contributed by atoms with Gasteiger partial charge in [0.25, 0.3) is 0 Å². The van der Waals surface area contributed by atoms with Crippen molar-refractivity contribution in [2.45, 2.75) is 26.4 Å². The smallest absolute Gasteiger partial charge is 0.229 e. The molecule has 1 aromatic carbocycles. The Kier molecular flexibility index (Phi) is 4.78. The molecule has 2 atom stereocenters. The number of hydrogen-bond acceptors (Lipinski definition) is 3. The maximum Gasteiger partial charge on any atom is 0.229 e. The number of nitrogens with one attached hydrogen (secondary N) is 1. The van der Waals surface area contributed by atoms with Crippen LogP contribution in [-0.4, -0.2) is 25.2 Å². The van der Waals surface area contributed by atoms with Crippen LogP contribution in [0.3, 0.4) is 0 Å². The average molecular weight is 272 g/mol. The summed E-state index contributed by atoms with van der Waals surface area (Å²) in [5, 5.41) is 2.97. The molecule has 0 saturated carbocycles. The summed E-state index contributed by atoms with van der Waals surface area (Å²) in [7, 11) is 0. The number of anilines is 1. The highest BCUT2D eigenvalue weighted by Crippen LogP contribution is 2.22. The summed E-state index contributed by atoms with van der Waals surface area (Å²) in [5.41, 5.74) is 8.04. The highest BCUT2D eigenvalue weighted by atomic mass is 16.5. The highest BCUT2D eigenvalue weighted by Gasteiger charge is 2.28. The zero-order valence-electron chi connectivity index (χ0n) is 11.9. The second-order valence-electron chi connectivity index (χ2n) is 5.10. The lowest BCUT2D eigenvalue weighted by Gasteiger charge is -2.12. The Balaban J connectivity index is 2.10. The van der Waals surface area contributed by atoms with Crippen LogP contribution in [0, 0.1) is 24.7 Å². The van der Waals surface area contributed by atoms with Crippen LogP contribution in [0.1, 0.15) is 24.5 Å². The van der Waals surface area contributed by atoms with Gasteiger partial charge < -0.3 is 15.8 Å². The molecule has 0 aromatic heterocycles. The molecule has 0 radical (unpaired) electrons. The van der Waals surface area contributed by atoms with Crippen LogP contribution in [0.25, 0.3) is 0 Å². The lowest BCUT2D eigenvalue weighted by Crippen LogP contribution is -2.23. The molecule has 0 spiro atoms. The molecule has 3 N–H and O–H groups in total. The van der Waals surface area contributed by atoms with E-state index < -0.39 is 0 Å². The van der Waals surface area contributed by atoms with Gasteiger partial charge in [0.05, 0.1) is 25.2 Å². The number of benzene rings is 1. The van der Waals surface area contributed by atoms with Crippen LogP contribution in [0.2, 0.25) is 0 Å². The summed E-state index contributed by atoms with van der Waals surface area (Å²) in [5.74, 6) is 5.73. The van der Waals surface area contributed by atoms with E-state index in [1.807, 2.05) is 32.0 Å². The predicted molar refractivity (Wildman–Crippen MR) is 79.3 cm³/mol. The molecular formula is C16H20N2O2. The third kappa shape index (κ3) is 3.60. The second kappa shape index (κ2) is 6.56. The molecule has 4 nitrogen and oxygen atoms in total. The van der Waals surface area contributed by atoms with Gasteiger partial charge in [0.2, 0.25) is 5.91 Å². The van der Waals surface area contributed by atoms with Gasteiger partial charge in [0, 0.05) is 11.3 Å². The van der Waals surface area contributed by atoms with Gasteiger partial charge in [-0.1, -0.05) is 17.9 Å². The Morgan fingerprint density at radius 3 is 3.00 bits per heavy atom. The van der Waals surface area contributed by atoms with E-state index in [4.69, 9.17) is 10.5 Å². The van der Waals surface area contributed by atoms with Gasteiger partial charge in [-0.3, -0.25) is 4.79 Å². The monoisotopic (exact) mass is 272 g/mol. The summed E-state index contributed by atoms with van der Waals surface area (Å²) in [6, 6.07) is 5.76. The summed E-state index contributed by atoms with van der Waals surface area (Å²) in [6.45, 7) is 4.77. The van der Waals surface area contributed by atoms with E-state index in [1.165, 1.54) is 0 Å². The molecule has 1 amide bonds. The zero-order valence-corrected chi connectivity index (χ0v) is 11.9. The number of carbonyl (C=O) groups is 1. The number of hydrogen-bond donors (Lipinski definition) is 2. The fourth-order valence-corrected chi connectivity index (χ4v) is 2.22. The number of amides is 1. The van der Waals surface area contributed by atoms with Gasteiger partial charge >= 0.3 is 0 Å². The van der Waals surface area contributed by atoms with Crippen molar-refractivity contribution in [3.63, 3.8) is 0 Å². The minimum absolute atomic E-state index is 0.0152. The van der Waals surface area contributed by atoms with E-state index in [9.17, 15) is 4.79 Å². The first kappa shape index (κ1) is 14.6. The van der Waals surface area contributed by atoms with Crippen LogP contribution in [0.5, 0.6) is 0 Å². The van der Waals surface area contributed by atoms with Crippen molar-refractivity contribution in [1.82, 2.24) is 0 Å². The van der Waals surface area contributed by atoms with Crippen molar-refractivity contribution in [1.29, 1.82) is 0 Å². The largest absolute Gasteiger partial charge is 0.378 e. The molecule has 1 heterocycles. The van der Waals surface area contributed by atoms with Gasteiger partial charge in [-0.25, -0.2) is 0 Å². The zero-order chi connectivity index (χ0) is 14.5. The normalized spacial score (nSPS) is 21.1. The Labute approximate surface area is 119 Å². The summed E-state index contributed by atoms with van der Waals surface area (Å²) < 4.78 is 5.43. The van der Waals surface area contributed by atoms with Crippen LogP contribution in [-0.2, 0) is 9.53 Å². The third-order valence-electron chi connectivity index (χ3n) is 3.40. The van der Waals surface area contributed by atoms with Gasteiger partial charge in [-0.2, -0.15) is 0 Å². The number of carbonyl (C=O) groups excluding carboxylic acids is 1. The summed E-state index contributed by atoms with van der Waals surface area (Å²) in [6.07, 6.45) is 0.936. The van der Waals surface area contributed by atoms with Crippen LogP contribution >= 0.6 is 0 Å². The minimum atomic E-state index is -0.0665. The van der Waals surface area contributed by atoms with E-state index >= 15 is 0 Å². The molecular weight excluding hydrogens is 252 g/mol. The van der Waals surface area contributed by atoms with E-state index in [0.717, 1.165) is 23.2 Å². The molecule has 1 aromatic rings. The molecule has 4 heteroatoms. The fourth-order valence-electron chi connectivity index (χ4n) is 2.22. The highest BCUT2D eigenvalue weighted by molar-refractivity contribution is 5.93. The summed E-state index contributed by atoms with van der Waals surface area (Å²) >= 11 is 0. The van der Waals surface area contributed by atoms with Crippen molar-refractivity contribution in [3.8, 4) is 11.8 Å². The SMILES string of the molecule is Cc1ccc(C#CCN)cc1NC(=O)C1COC(C)C1. The lowest BCUT2D eigenvalue weighted by atomic mass is 10.0. The molecule has 1 fully saturated rings. The average Bonchev–Trinajstić information content (AvgIpc) is 2.86. The quantitative estimate of drug-likeness (QED) is 0.805. The Morgan fingerprint density at radius 2 is 2.35 bits per heavy atom. The third-order valence-corrected chi connectivity index (χ3v) is 3.40. The maximum absolute atomic E-state index is 12.2. The topological polar surface area (TPSA) is 64.3 Å². The van der Waals surface area contributed by atoms with E-state index in [0.29, 0.717) is 13.2 Å². The molecule has 0 bridgehead atoms. The molecule has 0 aliphatic carbocycles. The minimum Gasteiger partial charge on any atom is -0.378 e. The van der Waals surface area contributed by atoms with Crippen LogP contribution in [0.15, 0.2) is 18.2 Å². The molecule has 2 unspecified atom stereocenters. The molecule has 1 saturated heterocycles. The molecule has 20 heavy (non-hydrogen) atoms. The molecule has 1 aliphatic heterocycles. The van der Waals surface area contributed by atoms with Crippen molar-refractivity contribution in [3.05, 3.63) is 29.3 Å². The first-order valence-electron chi connectivity index (χ1n) is 6.82. The number of aryl methyl sites for hydroxylation is 1. The van der Waals surface area contributed by atoms with Crippen molar-refractivity contribution in [2.75, 3.05) is 18.5 Å². The predicted octanol–water partition coefficient (Wildman–Crippen LogP) is 1.67. The number of rotatable bonds is 2. The molecule has 1 aliphatic rings. The van der Waals surface area contributed by atoms with E-state index in [1.54, 1.807) is 0 Å². The van der Waals surface area contributed by atoms with Gasteiger partial charge in [0.15, 0.2) is 0 Å². The van der Waals surface area contributed by atoms with Gasteiger partial charge in [-0.15, -0.1) is 0 Å². The Hall–Kier alpha value is -1.83. The summed E-state index contributed by atoms with van der Waals surface area (Å²) in [4.78, 5) is 12.2. The van der Waals surface area contributed by atoms with Crippen molar-refractivity contribution < 1.29 is 9.53 Å². The Morgan fingerprint density at radius 1 is 1.55 bits per heavy atom. The molecule has 2 rings (SSSR count). The first-order valence-corrected chi connectivity index (χ1v) is 6.82. The van der Waals surface area contributed by atoms with Crippen LogP contribution < -0.4 is 11.1 Å². The number of ether oxygens (including phenoxy) is 1. The van der Waals surface area contributed by atoms with E-state index in [-0.39, 0.29) is 17.9 Å².